The Bertz CT molecular complexity index is 779. The lowest BCUT2D eigenvalue weighted by Gasteiger charge is -2.40. The van der Waals surface area contributed by atoms with E-state index in [1.807, 2.05) is 18.2 Å². The van der Waals surface area contributed by atoms with Crippen molar-refractivity contribution in [2.45, 2.75) is 11.3 Å². The van der Waals surface area contributed by atoms with Gasteiger partial charge < -0.3 is 10.6 Å². The van der Waals surface area contributed by atoms with Gasteiger partial charge in [0, 0.05) is 32.3 Å². The fourth-order valence-corrected chi connectivity index (χ4v) is 4.50. The maximum absolute atomic E-state index is 12.2. The predicted octanol–water partition coefficient (Wildman–Crippen LogP) is 1.74. The Morgan fingerprint density at radius 2 is 1.79 bits per heavy atom. The summed E-state index contributed by atoms with van der Waals surface area (Å²) >= 11 is 0. The maximum atomic E-state index is 12.2. The molecule has 0 bridgehead atoms. The average molecular weight is 347 g/mol. The second kappa shape index (κ2) is 6.35. The number of nitrogens with two attached hydrogens (primary N) is 1. The summed E-state index contributed by atoms with van der Waals surface area (Å²) in [6.07, 6.45) is 5.16. The van der Waals surface area contributed by atoms with Gasteiger partial charge in [-0.3, -0.25) is 0 Å². The Balaban J connectivity index is 1.92. The quantitative estimate of drug-likeness (QED) is 0.904. The number of sulfonamides is 1. The summed E-state index contributed by atoms with van der Waals surface area (Å²) in [6, 6.07) is 7.20. The van der Waals surface area contributed by atoms with Crippen LogP contribution >= 0.6 is 0 Å². The molecule has 0 saturated carbocycles. The van der Waals surface area contributed by atoms with Crippen molar-refractivity contribution >= 4 is 15.6 Å². The lowest BCUT2D eigenvalue weighted by molar-refractivity contribution is 0.194. The van der Waals surface area contributed by atoms with E-state index < -0.39 is 10.0 Å². The second-order valence-corrected chi connectivity index (χ2v) is 9.02. The minimum Gasteiger partial charge on any atom is -0.402 e. The first kappa shape index (κ1) is 17.2. The fourth-order valence-electron chi connectivity index (χ4n) is 3.60. The van der Waals surface area contributed by atoms with Gasteiger partial charge in [-0.1, -0.05) is 18.2 Å². The first-order valence-electron chi connectivity index (χ1n) is 8.19. The highest BCUT2D eigenvalue weighted by molar-refractivity contribution is 7.89. The minimum atomic E-state index is -3.39. The smallest absolute Gasteiger partial charge is 0.242 e. The van der Waals surface area contributed by atoms with Gasteiger partial charge in [0.1, 0.15) is 0 Å². The highest BCUT2D eigenvalue weighted by Crippen LogP contribution is 2.40. The third-order valence-electron chi connectivity index (χ3n) is 5.07. The summed E-state index contributed by atoms with van der Waals surface area (Å²) in [5.41, 5.74) is 9.50. The second-order valence-electron chi connectivity index (χ2n) is 6.86. The molecule has 2 aliphatic rings. The van der Waals surface area contributed by atoms with Gasteiger partial charge in [0.2, 0.25) is 10.0 Å². The molecular weight excluding hydrogens is 322 g/mol. The van der Waals surface area contributed by atoms with Gasteiger partial charge in [-0.25, -0.2) is 12.7 Å². The van der Waals surface area contributed by atoms with Gasteiger partial charge in [-0.05, 0) is 55.3 Å². The molecular formula is C18H25N3O2S. The molecule has 1 aliphatic heterocycles. The van der Waals surface area contributed by atoms with Gasteiger partial charge in [-0.15, -0.1) is 0 Å². The number of allylic oxidation sites excluding steroid dienone is 3. The molecule has 0 radical (unpaired) electrons. The van der Waals surface area contributed by atoms with E-state index in [1.165, 1.54) is 9.88 Å². The Labute approximate surface area is 144 Å². The van der Waals surface area contributed by atoms with Gasteiger partial charge in [0.25, 0.3) is 0 Å². The van der Waals surface area contributed by atoms with Crippen molar-refractivity contribution < 1.29 is 8.42 Å². The van der Waals surface area contributed by atoms with E-state index in [1.54, 1.807) is 26.2 Å². The van der Waals surface area contributed by atoms with Crippen LogP contribution in [-0.2, 0) is 10.0 Å². The predicted molar refractivity (Wildman–Crippen MR) is 96.7 cm³/mol. The number of likely N-dealkylation sites (tertiary alicyclic amines) is 1. The molecule has 1 heterocycles. The number of hydrogen-bond donors (Lipinski definition) is 1. The van der Waals surface area contributed by atoms with E-state index in [2.05, 4.69) is 18.0 Å². The molecule has 0 aromatic heterocycles. The van der Waals surface area contributed by atoms with Crippen molar-refractivity contribution in [2.24, 2.45) is 17.6 Å². The Morgan fingerprint density at radius 3 is 2.42 bits per heavy atom. The number of nitrogens with zero attached hydrogens (tertiary/aromatic N) is 2. The Morgan fingerprint density at radius 1 is 1.12 bits per heavy atom. The highest BCUT2D eigenvalue weighted by atomic mass is 32.2. The van der Waals surface area contributed by atoms with Crippen LogP contribution in [-0.4, -0.2) is 51.9 Å². The molecule has 3 rings (SSSR count). The third kappa shape index (κ3) is 3.01. The zero-order chi connectivity index (χ0) is 17.5. The summed E-state index contributed by atoms with van der Waals surface area (Å²) in [6.45, 7) is 2.02. The van der Waals surface area contributed by atoms with Crippen LogP contribution in [0.2, 0.25) is 0 Å². The molecule has 6 heteroatoms. The van der Waals surface area contributed by atoms with Gasteiger partial charge in [0.15, 0.2) is 0 Å². The van der Waals surface area contributed by atoms with E-state index in [4.69, 9.17) is 5.73 Å². The molecule has 1 aromatic rings. The molecule has 2 atom stereocenters. The van der Waals surface area contributed by atoms with Crippen molar-refractivity contribution in [1.82, 2.24) is 9.21 Å². The Hall–Kier alpha value is -1.63. The molecule has 1 aliphatic carbocycles. The Kier molecular flexibility index (Phi) is 4.55. The van der Waals surface area contributed by atoms with Crippen molar-refractivity contribution in [2.75, 3.05) is 34.2 Å². The molecule has 0 amide bonds. The molecule has 5 nitrogen and oxygen atoms in total. The first-order chi connectivity index (χ1) is 11.3. The topological polar surface area (TPSA) is 66.6 Å². The van der Waals surface area contributed by atoms with Gasteiger partial charge >= 0.3 is 0 Å². The van der Waals surface area contributed by atoms with Crippen LogP contribution < -0.4 is 5.73 Å². The molecule has 0 unspecified atom stereocenters. The van der Waals surface area contributed by atoms with Crippen molar-refractivity contribution in [3.8, 4) is 0 Å². The minimum absolute atomic E-state index is 0.322. The van der Waals surface area contributed by atoms with Crippen LogP contribution in [0.5, 0.6) is 0 Å². The van der Waals surface area contributed by atoms with Gasteiger partial charge in [-0.2, -0.15) is 0 Å². The fraction of sp³-hybridized carbons (Fsp3) is 0.444. The lowest BCUT2D eigenvalue weighted by Crippen LogP contribution is -2.41. The highest BCUT2D eigenvalue weighted by Gasteiger charge is 2.34. The van der Waals surface area contributed by atoms with E-state index in [-0.39, 0.29) is 0 Å². The van der Waals surface area contributed by atoms with Crippen LogP contribution in [0.1, 0.15) is 12.0 Å². The standard InChI is InChI=1S/C18H25N3O2S/c1-20(2)24(22,23)14-6-4-13(5-7-14)15-8-9-18(19)17-12-21(3)11-10-16(15)17/h4-9,16-17H,10-12,19H2,1-3H3/t16-,17+/m0/s1. The molecule has 1 aromatic carbocycles. The van der Waals surface area contributed by atoms with Crippen LogP contribution in [0.3, 0.4) is 0 Å². The van der Waals surface area contributed by atoms with Gasteiger partial charge in [0.05, 0.1) is 4.90 Å². The molecule has 1 fully saturated rings. The summed E-state index contributed by atoms with van der Waals surface area (Å²) in [5.74, 6) is 0.747. The summed E-state index contributed by atoms with van der Waals surface area (Å²) < 4.78 is 25.6. The lowest BCUT2D eigenvalue weighted by atomic mass is 9.73. The number of hydrogen-bond acceptors (Lipinski definition) is 4. The molecule has 0 spiro atoms. The molecule has 1 saturated heterocycles. The number of benzene rings is 1. The molecule has 130 valence electrons. The zero-order valence-corrected chi connectivity index (χ0v) is 15.3. The summed E-state index contributed by atoms with van der Waals surface area (Å²) in [7, 11) is 1.83. The van der Waals surface area contributed by atoms with Crippen LogP contribution in [0.15, 0.2) is 47.0 Å². The number of piperidine rings is 1. The third-order valence-corrected chi connectivity index (χ3v) is 6.89. The van der Waals surface area contributed by atoms with Crippen molar-refractivity contribution in [1.29, 1.82) is 0 Å². The zero-order valence-electron chi connectivity index (χ0n) is 14.4. The maximum Gasteiger partial charge on any atom is 0.242 e. The van der Waals surface area contributed by atoms with Crippen molar-refractivity contribution in [3.63, 3.8) is 0 Å². The summed E-state index contributed by atoms with van der Waals surface area (Å²) in [4.78, 5) is 2.64. The normalized spacial score (nSPS) is 25.2. The van der Waals surface area contributed by atoms with E-state index in [9.17, 15) is 8.42 Å². The molecule has 2 N–H and O–H groups in total. The van der Waals surface area contributed by atoms with E-state index in [0.717, 1.165) is 30.8 Å². The first-order valence-corrected chi connectivity index (χ1v) is 9.63. The monoisotopic (exact) mass is 347 g/mol. The van der Waals surface area contributed by atoms with E-state index >= 15 is 0 Å². The van der Waals surface area contributed by atoms with Crippen LogP contribution in [0.25, 0.3) is 5.57 Å². The summed E-state index contributed by atoms with van der Waals surface area (Å²) in [5, 5.41) is 0. The van der Waals surface area contributed by atoms with Crippen LogP contribution in [0.4, 0.5) is 0 Å². The number of rotatable bonds is 3. The largest absolute Gasteiger partial charge is 0.402 e. The molecule has 24 heavy (non-hydrogen) atoms. The van der Waals surface area contributed by atoms with Crippen molar-refractivity contribution in [3.05, 3.63) is 47.7 Å². The SMILES string of the molecule is CN1CC[C@H]2C(c3ccc(S(=O)(=O)N(C)C)cc3)=CC=C(N)[C@@H]2C1. The average Bonchev–Trinajstić information content (AvgIpc) is 2.55. The van der Waals surface area contributed by atoms with E-state index in [0.29, 0.717) is 16.7 Å². The van der Waals surface area contributed by atoms with Crippen LogP contribution in [0, 0.1) is 11.8 Å². The number of fused-ring (bicyclic) bond motifs is 1.